The fourth-order valence-electron chi connectivity index (χ4n) is 3.57. The summed E-state index contributed by atoms with van der Waals surface area (Å²) in [6, 6.07) is 3.87. The number of hydrogen-bond donors (Lipinski definition) is 0. The minimum atomic E-state index is -0.162. The van der Waals surface area contributed by atoms with E-state index < -0.39 is 0 Å². The van der Waals surface area contributed by atoms with Gasteiger partial charge in [0.2, 0.25) is 5.91 Å². The zero-order valence-corrected chi connectivity index (χ0v) is 13.9. The van der Waals surface area contributed by atoms with E-state index in [1.807, 2.05) is 17.0 Å². The van der Waals surface area contributed by atoms with Crippen LogP contribution in [0.15, 0.2) is 24.5 Å². The van der Waals surface area contributed by atoms with Crippen molar-refractivity contribution in [2.45, 2.75) is 25.3 Å². The zero-order chi connectivity index (χ0) is 16.5. The molecule has 0 N–H and O–H groups in total. The van der Waals surface area contributed by atoms with Gasteiger partial charge in [0.05, 0.1) is 5.92 Å². The van der Waals surface area contributed by atoms with Crippen LogP contribution in [0.4, 0.5) is 0 Å². The maximum absolute atomic E-state index is 13.0. The Morgan fingerprint density at radius 2 is 1.83 bits per heavy atom. The number of piperazine rings is 1. The lowest BCUT2D eigenvalue weighted by Gasteiger charge is -2.35. The molecule has 2 aromatic heterocycles. The van der Waals surface area contributed by atoms with Crippen LogP contribution in [0, 0.1) is 0 Å². The molecule has 126 valence electrons. The molecule has 0 spiro atoms. The summed E-state index contributed by atoms with van der Waals surface area (Å²) in [5.41, 5.74) is 0.997. The molecular weight excluding hydrogens is 304 g/mol. The molecule has 1 saturated heterocycles. The van der Waals surface area contributed by atoms with E-state index in [4.69, 9.17) is 0 Å². The first-order chi connectivity index (χ1) is 11.7. The fraction of sp³-hybridized carbons (Fsp3) is 0.529. The van der Waals surface area contributed by atoms with Gasteiger partial charge in [-0.2, -0.15) is 0 Å². The Bertz CT molecular complexity index is 720. The first-order valence-electron chi connectivity index (χ1n) is 8.55. The van der Waals surface area contributed by atoms with E-state index in [2.05, 4.69) is 31.7 Å². The summed E-state index contributed by atoms with van der Waals surface area (Å²) in [4.78, 5) is 21.3. The molecule has 24 heavy (non-hydrogen) atoms. The highest BCUT2D eigenvalue weighted by Crippen LogP contribution is 2.31. The number of hydrogen-bond acceptors (Lipinski definition) is 5. The van der Waals surface area contributed by atoms with Crippen molar-refractivity contribution in [3.63, 3.8) is 0 Å². The number of pyridine rings is 1. The van der Waals surface area contributed by atoms with Crippen LogP contribution in [0.2, 0.25) is 0 Å². The van der Waals surface area contributed by atoms with Crippen molar-refractivity contribution in [3.05, 3.63) is 30.4 Å². The molecule has 0 aromatic carbocycles. The number of amides is 1. The quantitative estimate of drug-likeness (QED) is 0.823. The number of aromatic nitrogens is 4. The lowest BCUT2D eigenvalue weighted by Crippen LogP contribution is -2.49. The average Bonchev–Trinajstić information content (AvgIpc) is 3.06. The minimum Gasteiger partial charge on any atom is -0.340 e. The normalized spacial score (nSPS) is 21.5. The minimum absolute atomic E-state index is 0.162. The highest BCUT2D eigenvalue weighted by Gasteiger charge is 2.34. The summed E-state index contributed by atoms with van der Waals surface area (Å²) < 4.78 is 2.11. The van der Waals surface area contributed by atoms with Gasteiger partial charge in [-0.1, -0.05) is 0 Å². The van der Waals surface area contributed by atoms with Crippen molar-refractivity contribution in [2.24, 2.45) is 0 Å². The molecule has 4 rings (SSSR count). The lowest BCUT2D eigenvalue weighted by molar-refractivity contribution is -0.135. The first kappa shape index (κ1) is 15.3. The van der Waals surface area contributed by atoms with Crippen LogP contribution in [-0.2, 0) is 11.3 Å². The van der Waals surface area contributed by atoms with Crippen molar-refractivity contribution in [2.75, 3.05) is 33.2 Å². The third kappa shape index (κ3) is 2.69. The van der Waals surface area contributed by atoms with Gasteiger partial charge in [0.15, 0.2) is 5.82 Å². The van der Waals surface area contributed by atoms with Gasteiger partial charge in [0.25, 0.3) is 0 Å². The van der Waals surface area contributed by atoms with Crippen molar-refractivity contribution >= 4 is 5.91 Å². The first-order valence-corrected chi connectivity index (χ1v) is 8.55. The van der Waals surface area contributed by atoms with Crippen molar-refractivity contribution in [1.29, 1.82) is 0 Å². The topological polar surface area (TPSA) is 67.2 Å². The smallest absolute Gasteiger partial charge is 0.233 e. The Labute approximate surface area is 141 Å². The summed E-state index contributed by atoms with van der Waals surface area (Å²) in [7, 11) is 2.10. The standard InChI is InChI=1S/C17H22N6O/c1-21-9-11-22(12-10-21)17(24)14-3-2-8-23-15(19-20-16(14)23)13-4-6-18-7-5-13/h4-7,14H,2-3,8-12H2,1H3. The molecule has 2 aliphatic heterocycles. The fourth-order valence-corrected chi connectivity index (χ4v) is 3.57. The van der Waals surface area contributed by atoms with Crippen molar-refractivity contribution in [3.8, 4) is 11.4 Å². The third-order valence-corrected chi connectivity index (χ3v) is 5.02. The van der Waals surface area contributed by atoms with Gasteiger partial charge in [0, 0.05) is 50.7 Å². The van der Waals surface area contributed by atoms with Crippen LogP contribution < -0.4 is 0 Å². The van der Waals surface area contributed by atoms with Crippen LogP contribution in [0.5, 0.6) is 0 Å². The Morgan fingerprint density at radius 3 is 2.58 bits per heavy atom. The van der Waals surface area contributed by atoms with E-state index in [9.17, 15) is 4.79 Å². The van der Waals surface area contributed by atoms with Gasteiger partial charge in [-0.15, -0.1) is 10.2 Å². The van der Waals surface area contributed by atoms with Crippen LogP contribution in [0.3, 0.4) is 0 Å². The molecule has 1 atom stereocenters. The van der Waals surface area contributed by atoms with Crippen LogP contribution in [0.1, 0.15) is 24.6 Å². The highest BCUT2D eigenvalue weighted by atomic mass is 16.2. The Hall–Kier alpha value is -2.28. The Kier molecular flexibility index (Phi) is 4.02. The van der Waals surface area contributed by atoms with Gasteiger partial charge in [-0.3, -0.25) is 9.78 Å². The molecule has 7 nitrogen and oxygen atoms in total. The predicted octanol–water partition coefficient (Wildman–Crippen LogP) is 0.991. The van der Waals surface area contributed by atoms with Crippen molar-refractivity contribution in [1.82, 2.24) is 29.5 Å². The molecule has 2 aromatic rings. The van der Waals surface area contributed by atoms with E-state index in [-0.39, 0.29) is 11.8 Å². The molecule has 4 heterocycles. The van der Waals surface area contributed by atoms with E-state index in [0.717, 1.165) is 62.8 Å². The van der Waals surface area contributed by atoms with Crippen LogP contribution in [-0.4, -0.2) is 68.7 Å². The van der Waals surface area contributed by atoms with E-state index in [1.165, 1.54) is 0 Å². The largest absolute Gasteiger partial charge is 0.340 e. The zero-order valence-electron chi connectivity index (χ0n) is 13.9. The van der Waals surface area contributed by atoms with Crippen molar-refractivity contribution < 1.29 is 4.79 Å². The molecule has 7 heteroatoms. The molecule has 1 unspecified atom stereocenters. The van der Waals surface area contributed by atoms with Gasteiger partial charge in [-0.05, 0) is 32.0 Å². The predicted molar refractivity (Wildman–Crippen MR) is 89.3 cm³/mol. The maximum atomic E-state index is 13.0. The SMILES string of the molecule is CN1CCN(C(=O)C2CCCn3c(-c4ccncc4)nnc32)CC1. The average molecular weight is 326 g/mol. The second kappa shape index (κ2) is 6.32. The molecule has 0 aliphatic carbocycles. The summed E-state index contributed by atoms with van der Waals surface area (Å²) in [6.07, 6.45) is 5.35. The van der Waals surface area contributed by atoms with Crippen LogP contribution in [0.25, 0.3) is 11.4 Å². The van der Waals surface area contributed by atoms with E-state index >= 15 is 0 Å². The molecule has 0 bridgehead atoms. The second-order valence-corrected chi connectivity index (χ2v) is 6.59. The molecule has 2 aliphatic rings. The number of carbonyl (C=O) groups excluding carboxylic acids is 1. The third-order valence-electron chi connectivity index (χ3n) is 5.02. The Balaban J connectivity index is 1.60. The molecule has 0 saturated carbocycles. The van der Waals surface area contributed by atoms with E-state index in [1.54, 1.807) is 12.4 Å². The molecule has 1 fully saturated rings. The van der Waals surface area contributed by atoms with Gasteiger partial charge < -0.3 is 14.4 Å². The second-order valence-electron chi connectivity index (χ2n) is 6.59. The van der Waals surface area contributed by atoms with Crippen LogP contribution >= 0.6 is 0 Å². The summed E-state index contributed by atoms with van der Waals surface area (Å²) in [5, 5.41) is 8.74. The molecular formula is C17H22N6O. The number of fused-ring (bicyclic) bond motifs is 1. The highest BCUT2D eigenvalue weighted by molar-refractivity contribution is 5.83. The monoisotopic (exact) mass is 326 g/mol. The van der Waals surface area contributed by atoms with Gasteiger partial charge >= 0.3 is 0 Å². The Morgan fingerprint density at radius 1 is 1.08 bits per heavy atom. The molecule has 1 amide bonds. The summed E-state index contributed by atoms with van der Waals surface area (Å²) in [6.45, 7) is 4.35. The number of likely N-dealkylation sites (N-methyl/N-ethyl adjacent to an activating group) is 1. The lowest BCUT2D eigenvalue weighted by atomic mass is 9.96. The summed E-state index contributed by atoms with van der Waals surface area (Å²) >= 11 is 0. The number of rotatable bonds is 2. The van der Waals surface area contributed by atoms with E-state index in [0.29, 0.717) is 0 Å². The van der Waals surface area contributed by atoms with Gasteiger partial charge in [-0.25, -0.2) is 0 Å². The number of nitrogens with zero attached hydrogens (tertiary/aromatic N) is 6. The summed E-state index contributed by atoms with van der Waals surface area (Å²) in [5.74, 6) is 1.70. The molecule has 0 radical (unpaired) electrons. The van der Waals surface area contributed by atoms with Gasteiger partial charge in [0.1, 0.15) is 5.82 Å². The number of carbonyl (C=O) groups is 1. The maximum Gasteiger partial charge on any atom is 0.233 e.